The minimum atomic E-state index is -0.0385. The van der Waals surface area contributed by atoms with Gasteiger partial charge in [0, 0.05) is 11.6 Å². The third-order valence-corrected chi connectivity index (χ3v) is 6.44. The minimum Gasteiger partial charge on any atom is -0.349 e. The summed E-state index contributed by atoms with van der Waals surface area (Å²) in [7, 11) is 0. The Hall–Kier alpha value is -3.40. The first-order chi connectivity index (χ1) is 16.1. The van der Waals surface area contributed by atoms with Gasteiger partial charge in [0.2, 0.25) is 11.8 Å². The second-order valence-corrected chi connectivity index (χ2v) is 8.93. The first-order valence-corrected chi connectivity index (χ1v) is 11.9. The van der Waals surface area contributed by atoms with Gasteiger partial charge in [-0.25, -0.2) is 0 Å². The molecule has 4 nitrogen and oxygen atoms in total. The van der Waals surface area contributed by atoms with Gasteiger partial charge in [-0.1, -0.05) is 85.6 Å². The van der Waals surface area contributed by atoms with Gasteiger partial charge in [0.15, 0.2) is 0 Å². The summed E-state index contributed by atoms with van der Waals surface area (Å²) in [5, 5.41) is 3.07. The fraction of sp³-hybridized carbons (Fsp3) is 0.310. The van der Waals surface area contributed by atoms with Crippen LogP contribution in [0, 0.1) is 5.92 Å². The molecule has 0 spiro atoms. The van der Waals surface area contributed by atoms with E-state index in [0.29, 0.717) is 13.0 Å². The van der Waals surface area contributed by atoms with Gasteiger partial charge < -0.3 is 10.2 Å². The van der Waals surface area contributed by atoms with Crippen LogP contribution < -0.4 is 10.2 Å². The van der Waals surface area contributed by atoms with Crippen LogP contribution in [0.3, 0.4) is 0 Å². The van der Waals surface area contributed by atoms with E-state index in [1.54, 1.807) is 0 Å². The second-order valence-electron chi connectivity index (χ2n) is 8.93. The Morgan fingerprint density at radius 3 is 2.09 bits per heavy atom. The molecule has 0 heterocycles. The number of hydrogen-bond acceptors (Lipinski definition) is 2. The van der Waals surface area contributed by atoms with E-state index in [-0.39, 0.29) is 23.8 Å². The molecule has 0 radical (unpaired) electrons. The van der Waals surface area contributed by atoms with E-state index in [1.165, 1.54) is 0 Å². The highest BCUT2D eigenvalue weighted by Crippen LogP contribution is 2.30. The van der Waals surface area contributed by atoms with Crippen LogP contribution in [0.5, 0.6) is 0 Å². The maximum Gasteiger partial charge on any atom is 0.230 e. The van der Waals surface area contributed by atoms with Crippen molar-refractivity contribution in [3.63, 3.8) is 0 Å². The third kappa shape index (κ3) is 6.10. The zero-order valence-corrected chi connectivity index (χ0v) is 19.2. The van der Waals surface area contributed by atoms with E-state index in [1.807, 2.05) is 84.6 Å². The van der Waals surface area contributed by atoms with E-state index in [0.717, 1.165) is 48.1 Å². The Labute approximate surface area is 196 Å². The van der Waals surface area contributed by atoms with Gasteiger partial charge >= 0.3 is 0 Å². The van der Waals surface area contributed by atoms with Gasteiger partial charge in [-0.05, 0) is 48.6 Å². The van der Waals surface area contributed by atoms with E-state index in [2.05, 4.69) is 17.4 Å². The fourth-order valence-corrected chi connectivity index (χ4v) is 4.55. The van der Waals surface area contributed by atoms with Crippen LogP contribution in [-0.2, 0) is 22.6 Å². The quantitative estimate of drug-likeness (QED) is 0.479. The Bertz CT molecular complexity index is 1040. The summed E-state index contributed by atoms with van der Waals surface area (Å²) < 4.78 is 0. The number of nitrogens with zero attached hydrogens (tertiary/aromatic N) is 1. The molecule has 4 rings (SSSR count). The van der Waals surface area contributed by atoms with Crippen LogP contribution in [0.25, 0.3) is 0 Å². The molecule has 170 valence electrons. The van der Waals surface area contributed by atoms with Crippen LogP contribution in [0.4, 0.5) is 5.69 Å². The molecule has 0 bridgehead atoms. The lowest BCUT2D eigenvalue weighted by Gasteiger charge is -2.26. The highest BCUT2D eigenvalue weighted by molar-refractivity contribution is 5.95. The van der Waals surface area contributed by atoms with E-state index in [9.17, 15) is 9.59 Å². The molecule has 0 unspecified atom stereocenters. The molecular formula is C29H32N2O2. The molecule has 3 aromatic rings. The van der Waals surface area contributed by atoms with Crippen molar-refractivity contribution in [2.45, 2.75) is 51.6 Å². The third-order valence-electron chi connectivity index (χ3n) is 6.44. The predicted octanol–water partition coefficient (Wildman–Crippen LogP) is 5.83. The molecular weight excluding hydrogens is 408 g/mol. The molecule has 33 heavy (non-hydrogen) atoms. The van der Waals surface area contributed by atoms with Crippen LogP contribution in [0.15, 0.2) is 84.9 Å². The number of carbonyl (C=O) groups excluding carboxylic acids is 2. The number of hydrogen-bond donors (Lipinski definition) is 1. The van der Waals surface area contributed by atoms with Crippen LogP contribution in [-0.4, -0.2) is 11.8 Å². The molecule has 1 aliphatic rings. The molecule has 0 aliphatic heterocycles. The minimum absolute atomic E-state index is 0.0118. The lowest BCUT2D eigenvalue weighted by atomic mass is 10.0. The van der Waals surface area contributed by atoms with Crippen molar-refractivity contribution in [2.24, 2.45) is 5.92 Å². The highest BCUT2D eigenvalue weighted by Gasteiger charge is 2.28. The average molecular weight is 441 g/mol. The molecule has 2 amide bonds. The van der Waals surface area contributed by atoms with Crippen LogP contribution >= 0.6 is 0 Å². The fourth-order valence-electron chi connectivity index (χ4n) is 4.55. The zero-order chi connectivity index (χ0) is 23.0. The van der Waals surface area contributed by atoms with E-state index >= 15 is 0 Å². The van der Waals surface area contributed by atoms with Crippen molar-refractivity contribution in [2.75, 3.05) is 4.90 Å². The molecule has 1 saturated carbocycles. The molecule has 1 atom stereocenters. The molecule has 0 saturated heterocycles. The highest BCUT2D eigenvalue weighted by atomic mass is 16.2. The molecule has 3 aromatic carbocycles. The summed E-state index contributed by atoms with van der Waals surface area (Å²) >= 11 is 0. The van der Waals surface area contributed by atoms with E-state index < -0.39 is 0 Å². The monoisotopic (exact) mass is 440 g/mol. The predicted molar refractivity (Wildman–Crippen MR) is 133 cm³/mol. The average Bonchev–Trinajstić information content (AvgIpc) is 3.39. The SMILES string of the molecule is C[C@H](NC(=O)Cc1ccc(N(Cc2ccccc2)C(=O)C2CCCC2)cc1)c1ccccc1. The van der Waals surface area contributed by atoms with E-state index in [4.69, 9.17) is 0 Å². The van der Waals surface area contributed by atoms with Crippen molar-refractivity contribution in [3.8, 4) is 0 Å². The zero-order valence-electron chi connectivity index (χ0n) is 19.2. The van der Waals surface area contributed by atoms with Crippen molar-refractivity contribution in [3.05, 3.63) is 102 Å². The standard InChI is InChI=1S/C29H32N2O2/c1-22(25-12-6-3-7-13-25)30-28(32)20-23-16-18-27(19-17-23)31(21-24-10-4-2-5-11-24)29(33)26-14-8-9-15-26/h2-7,10-13,16-19,22,26H,8-9,14-15,20-21H2,1H3,(H,30,32)/t22-/m0/s1. The number of carbonyl (C=O) groups is 2. The molecule has 4 heteroatoms. The smallest absolute Gasteiger partial charge is 0.230 e. The van der Waals surface area contributed by atoms with Gasteiger partial charge in [0.05, 0.1) is 19.0 Å². The van der Waals surface area contributed by atoms with Crippen LogP contribution in [0.2, 0.25) is 0 Å². The summed E-state index contributed by atoms with van der Waals surface area (Å²) in [5.74, 6) is 0.305. The van der Waals surface area contributed by atoms with Gasteiger partial charge in [0.25, 0.3) is 0 Å². The topological polar surface area (TPSA) is 49.4 Å². The van der Waals surface area contributed by atoms with Crippen LogP contribution in [0.1, 0.15) is 55.3 Å². The first kappa shape index (κ1) is 22.8. The van der Waals surface area contributed by atoms with Crippen molar-refractivity contribution < 1.29 is 9.59 Å². The summed E-state index contributed by atoms with van der Waals surface area (Å²) in [6.45, 7) is 2.55. The molecule has 1 N–H and O–H groups in total. The van der Waals surface area contributed by atoms with Crippen molar-refractivity contribution in [1.82, 2.24) is 5.32 Å². The summed E-state index contributed by atoms with van der Waals surface area (Å²) in [6.07, 6.45) is 4.52. The Morgan fingerprint density at radius 1 is 0.848 bits per heavy atom. The molecule has 0 aromatic heterocycles. The maximum absolute atomic E-state index is 13.3. The number of benzene rings is 3. The Morgan fingerprint density at radius 2 is 1.45 bits per heavy atom. The van der Waals surface area contributed by atoms with Crippen molar-refractivity contribution in [1.29, 1.82) is 0 Å². The molecule has 1 fully saturated rings. The summed E-state index contributed by atoms with van der Waals surface area (Å²) in [6, 6.07) is 27.9. The normalized spacial score (nSPS) is 14.6. The van der Waals surface area contributed by atoms with Gasteiger partial charge in [0.1, 0.15) is 0 Å². The van der Waals surface area contributed by atoms with Crippen molar-refractivity contribution >= 4 is 17.5 Å². The molecule has 1 aliphatic carbocycles. The largest absolute Gasteiger partial charge is 0.349 e. The van der Waals surface area contributed by atoms with Gasteiger partial charge in [-0.15, -0.1) is 0 Å². The summed E-state index contributed by atoms with van der Waals surface area (Å²) in [4.78, 5) is 27.8. The summed E-state index contributed by atoms with van der Waals surface area (Å²) in [5.41, 5.74) is 4.02. The lowest BCUT2D eigenvalue weighted by molar-refractivity contribution is -0.122. The Balaban J connectivity index is 1.44. The maximum atomic E-state index is 13.3. The number of anilines is 1. The van der Waals surface area contributed by atoms with Gasteiger partial charge in [-0.2, -0.15) is 0 Å². The number of rotatable bonds is 8. The van der Waals surface area contributed by atoms with Gasteiger partial charge in [-0.3, -0.25) is 9.59 Å². The first-order valence-electron chi connectivity index (χ1n) is 11.9. The Kier molecular flexibility index (Phi) is 7.56. The second kappa shape index (κ2) is 11.0. The lowest BCUT2D eigenvalue weighted by Crippen LogP contribution is -2.35. The number of nitrogens with one attached hydrogen (secondary N) is 1. The number of amides is 2.